The normalized spacial score (nSPS) is 10.4. The van der Waals surface area contributed by atoms with Crippen molar-refractivity contribution in [1.82, 2.24) is 0 Å². The van der Waals surface area contributed by atoms with Crippen LogP contribution in [0.1, 0.15) is 40.9 Å². The molecule has 0 heterocycles. The first kappa shape index (κ1) is 22.1. The van der Waals surface area contributed by atoms with Gasteiger partial charge in [-0.1, -0.05) is 68.4 Å². The van der Waals surface area contributed by atoms with Gasteiger partial charge in [0.1, 0.15) is 12.4 Å². The lowest BCUT2D eigenvalue weighted by Gasteiger charge is -2.15. The Balaban J connectivity index is 1.62. The van der Waals surface area contributed by atoms with Gasteiger partial charge in [0.05, 0.1) is 5.56 Å². The zero-order chi connectivity index (χ0) is 22.1. The highest BCUT2D eigenvalue weighted by molar-refractivity contribution is 5.97. The van der Waals surface area contributed by atoms with E-state index in [4.69, 9.17) is 9.47 Å². The number of benzene rings is 3. The van der Waals surface area contributed by atoms with Crippen molar-refractivity contribution in [2.75, 3.05) is 11.9 Å². The summed E-state index contributed by atoms with van der Waals surface area (Å²) in [7, 11) is 0. The highest BCUT2D eigenvalue weighted by Gasteiger charge is 2.16. The van der Waals surface area contributed by atoms with E-state index in [0.717, 1.165) is 29.7 Å². The monoisotopic (exact) mass is 417 g/mol. The Morgan fingerprint density at radius 1 is 0.774 bits per heavy atom. The van der Waals surface area contributed by atoms with Crippen LogP contribution in [0.15, 0.2) is 72.8 Å². The molecule has 31 heavy (non-hydrogen) atoms. The predicted molar refractivity (Wildman–Crippen MR) is 121 cm³/mol. The Labute approximate surface area is 183 Å². The van der Waals surface area contributed by atoms with Crippen LogP contribution in [-0.2, 0) is 29.0 Å². The average Bonchev–Trinajstić information content (AvgIpc) is 2.82. The van der Waals surface area contributed by atoms with Crippen LogP contribution in [0, 0.1) is 0 Å². The van der Waals surface area contributed by atoms with Crippen molar-refractivity contribution in [3.63, 3.8) is 0 Å². The Morgan fingerprint density at radius 2 is 1.39 bits per heavy atom. The molecule has 0 saturated carbocycles. The lowest BCUT2D eigenvalue weighted by Crippen LogP contribution is -2.23. The summed E-state index contributed by atoms with van der Waals surface area (Å²) in [5.41, 5.74) is 4.01. The molecule has 0 aromatic heterocycles. The van der Waals surface area contributed by atoms with E-state index in [9.17, 15) is 9.59 Å². The Morgan fingerprint density at radius 3 is 2.06 bits per heavy atom. The van der Waals surface area contributed by atoms with Crippen LogP contribution >= 0.6 is 0 Å². The second-order valence-corrected chi connectivity index (χ2v) is 7.04. The minimum absolute atomic E-state index is 0.227. The molecule has 3 aromatic rings. The molecule has 0 saturated heterocycles. The fraction of sp³-hybridized carbons (Fsp3) is 0.231. The number of ether oxygens (including phenoxy) is 2. The van der Waals surface area contributed by atoms with Gasteiger partial charge in [-0.3, -0.25) is 4.79 Å². The van der Waals surface area contributed by atoms with Gasteiger partial charge < -0.3 is 14.8 Å². The van der Waals surface area contributed by atoms with Crippen molar-refractivity contribution < 1.29 is 19.1 Å². The number of hydrogen-bond acceptors (Lipinski definition) is 4. The second-order valence-electron chi connectivity index (χ2n) is 7.04. The number of para-hydroxylation sites is 2. The average molecular weight is 418 g/mol. The molecular formula is C26H27NO4. The summed E-state index contributed by atoms with van der Waals surface area (Å²) >= 11 is 0. The molecule has 3 aromatic carbocycles. The number of esters is 1. The van der Waals surface area contributed by atoms with E-state index in [-0.39, 0.29) is 19.1 Å². The summed E-state index contributed by atoms with van der Waals surface area (Å²) in [5, 5.41) is 2.91. The molecular weight excluding hydrogens is 390 g/mol. The van der Waals surface area contributed by atoms with Crippen LogP contribution in [0.3, 0.4) is 0 Å². The first-order chi connectivity index (χ1) is 15.1. The van der Waals surface area contributed by atoms with Crippen molar-refractivity contribution >= 4 is 17.6 Å². The van der Waals surface area contributed by atoms with E-state index in [1.165, 1.54) is 0 Å². The molecule has 1 N–H and O–H groups in total. The quantitative estimate of drug-likeness (QED) is 0.487. The molecule has 0 unspecified atom stereocenters. The van der Waals surface area contributed by atoms with Crippen molar-refractivity contribution in [3.8, 4) is 5.75 Å². The van der Waals surface area contributed by atoms with E-state index < -0.39 is 5.97 Å². The lowest BCUT2D eigenvalue weighted by atomic mass is 10.0. The highest BCUT2D eigenvalue weighted by atomic mass is 16.5. The van der Waals surface area contributed by atoms with Crippen LogP contribution in [0.5, 0.6) is 5.75 Å². The summed E-state index contributed by atoms with van der Waals surface area (Å²) in [6.45, 7) is 3.96. The van der Waals surface area contributed by atoms with E-state index in [1.54, 1.807) is 12.1 Å². The summed E-state index contributed by atoms with van der Waals surface area (Å²) in [6.07, 6.45) is 1.61. The van der Waals surface area contributed by atoms with Gasteiger partial charge in [0, 0.05) is 11.3 Å². The van der Waals surface area contributed by atoms with Crippen LogP contribution in [0.25, 0.3) is 0 Å². The van der Waals surface area contributed by atoms with Gasteiger partial charge >= 0.3 is 5.97 Å². The molecule has 3 rings (SSSR count). The molecule has 0 fully saturated rings. The minimum atomic E-state index is -0.554. The summed E-state index contributed by atoms with van der Waals surface area (Å²) in [5.74, 6) is -0.199. The van der Waals surface area contributed by atoms with Gasteiger partial charge in [0.2, 0.25) is 0 Å². The number of amides is 1. The molecule has 0 bridgehead atoms. The molecule has 0 aliphatic rings. The number of rotatable bonds is 9. The van der Waals surface area contributed by atoms with E-state index >= 15 is 0 Å². The molecule has 5 nitrogen and oxygen atoms in total. The minimum Gasteiger partial charge on any atom is -0.489 e. The molecule has 160 valence electrons. The fourth-order valence-corrected chi connectivity index (χ4v) is 3.31. The van der Waals surface area contributed by atoms with Crippen LogP contribution in [-0.4, -0.2) is 18.5 Å². The van der Waals surface area contributed by atoms with E-state index in [2.05, 4.69) is 5.32 Å². The second kappa shape index (κ2) is 11.0. The molecule has 0 atom stereocenters. The Bertz CT molecular complexity index is 1010. The van der Waals surface area contributed by atoms with Gasteiger partial charge in [0.25, 0.3) is 5.91 Å². The van der Waals surface area contributed by atoms with Crippen molar-refractivity contribution in [2.24, 2.45) is 0 Å². The maximum atomic E-state index is 12.6. The van der Waals surface area contributed by atoms with Gasteiger partial charge in [-0.05, 0) is 42.2 Å². The van der Waals surface area contributed by atoms with Crippen LogP contribution in [0.2, 0.25) is 0 Å². The maximum Gasteiger partial charge on any atom is 0.339 e. The van der Waals surface area contributed by atoms with Gasteiger partial charge in [0.15, 0.2) is 6.61 Å². The van der Waals surface area contributed by atoms with E-state index in [1.807, 2.05) is 74.5 Å². The lowest BCUT2D eigenvalue weighted by molar-refractivity contribution is -0.119. The molecule has 1 amide bonds. The number of anilines is 1. The smallest absolute Gasteiger partial charge is 0.339 e. The topological polar surface area (TPSA) is 64.6 Å². The van der Waals surface area contributed by atoms with E-state index in [0.29, 0.717) is 16.9 Å². The zero-order valence-corrected chi connectivity index (χ0v) is 17.9. The number of carbonyl (C=O) groups is 2. The highest BCUT2D eigenvalue weighted by Crippen LogP contribution is 2.22. The first-order valence-electron chi connectivity index (χ1n) is 10.5. The largest absolute Gasteiger partial charge is 0.489 e. The Hall–Kier alpha value is -3.60. The third-order valence-electron chi connectivity index (χ3n) is 4.97. The van der Waals surface area contributed by atoms with Crippen molar-refractivity contribution in [3.05, 3.63) is 95.1 Å². The Kier molecular flexibility index (Phi) is 7.82. The zero-order valence-electron chi connectivity index (χ0n) is 17.9. The van der Waals surface area contributed by atoms with Crippen molar-refractivity contribution in [2.45, 2.75) is 33.3 Å². The summed E-state index contributed by atoms with van der Waals surface area (Å²) < 4.78 is 11.0. The van der Waals surface area contributed by atoms with Gasteiger partial charge in [-0.15, -0.1) is 0 Å². The molecule has 0 aliphatic carbocycles. The number of aryl methyl sites for hydroxylation is 2. The van der Waals surface area contributed by atoms with Gasteiger partial charge in [-0.25, -0.2) is 4.79 Å². The predicted octanol–water partition coefficient (Wildman–Crippen LogP) is 5.19. The maximum absolute atomic E-state index is 12.6. The molecule has 0 radical (unpaired) electrons. The first-order valence-corrected chi connectivity index (χ1v) is 10.5. The number of hydrogen-bond donors (Lipinski definition) is 1. The summed E-state index contributed by atoms with van der Waals surface area (Å²) in [4.78, 5) is 25.1. The van der Waals surface area contributed by atoms with Crippen LogP contribution in [0.4, 0.5) is 5.69 Å². The third kappa shape index (κ3) is 5.95. The number of carbonyl (C=O) groups excluding carboxylic acids is 2. The molecule has 5 heteroatoms. The van der Waals surface area contributed by atoms with Crippen molar-refractivity contribution in [1.29, 1.82) is 0 Å². The molecule has 0 aliphatic heterocycles. The summed E-state index contributed by atoms with van der Waals surface area (Å²) in [6, 6.07) is 22.4. The van der Waals surface area contributed by atoms with Crippen LogP contribution < -0.4 is 10.1 Å². The third-order valence-corrected chi connectivity index (χ3v) is 4.97. The SMILES string of the molecule is CCc1cccc(CC)c1NC(=O)COC(=O)c1ccccc1COc1ccccc1. The molecule has 0 spiro atoms. The van der Waals surface area contributed by atoms with Gasteiger partial charge in [-0.2, -0.15) is 0 Å². The number of nitrogens with one attached hydrogen (secondary N) is 1. The standard InChI is InChI=1S/C26H27NO4/c1-3-19-12-10-13-20(4-2)25(19)27-24(28)18-31-26(29)23-16-9-8-11-21(23)17-30-22-14-6-5-7-15-22/h5-16H,3-4,17-18H2,1-2H3,(H,27,28). The fourth-order valence-electron chi connectivity index (χ4n) is 3.31.